The molecular formula is C15H20N2OS2. The molecule has 0 fully saturated rings. The Balaban J connectivity index is 1.74. The van der Waals surface area contributed by atoms with Crippen molar-refractivity contribution < 1.29 is 4.42 Å². The molecule has 3 rings (SSSR count). The first-order chi connectivity index (χ1) is 9.51. The minimum atomic E-state index is 0.0773. The lowest BCUT2D eigenvalue weighted by Crippen LogP contribution is -2.35. The molecule has 2 aromatic heterocycles. The molecule has 0 unspecified atom stereocenters. The fourth-order valence-corrected chi connectivity index (χ4v) is 4.43. The molecule has 0 atom stereocenters. The zero-order valence-corrected chi connectivity index (χ0v) is 13.8. The highest BCUT2D eigenvalue weighted by Gasteiger charge is 2.17. The molecule has 5 heteroatoms. The van der Waals surface area contributed by atoms with Crippen LogP contribution >= 0.6 is 23.1 Å². The molecule has 108 valence electrons. The third-order valence-corrected chi connectivity index (χ3v) is 5.45. The van der Waals surface area contributed by atoms with Gasteiger partial charge in [0.2, 0.25) is 5.89 Å². The van der Waals surface area contributed by atoms with Crippen LogP contribution in [0.4, 0.5) is 0 Å². The molecule has 0 spiro atoms. The largest absolute Gasteiger partial charge is 0.438 e. The zero-order chi connectivity index (χ0) is 14.2. The van der Waals surface area contributed by atoms with Crippen LogP contribution in [-0.2, 0) is 18.7 Å². The summed E-state index contributed by atoms with van der Waals surface area (Å²) in [4.78, 5) is 7.11. The minimum absolute atomic E-state index is 0.0773. The summed E-state index contributed by atoms with van der Waals surface area (Å²) in [7, 11) is 0. The third-order valence-electron chi connectivity index (χ3n) is 3.19. The first kappa shape index (κ1) is 14.2. The molecule has 0 amide bonds. The Bertz CT molecular complexity index is 572. The molecule has 3 nitrogen and oxygen atoms in total. The molecule has 0 aliphatic carbocycles. The van der Waals surface area contributed by atoms with Crippen LogP contribution in [0, 0.1) is 0 Å². The number of aromatic nitrogens is 1. The second-order valence-corrected chi connectivity index (χ2v) is 8.33. The normalized spacial score (nSPS) is 15.3. The molecule has 3 heterocycles. The van der Waals surface area contributed by atoms with E-state index < -0.39 is 0 Å². The van der Waals surface area contributed by atoms with E-state index in [0.29, 0.717) is 6.54 Å². The molecular weight excluding hydrogens is 288 g/mol. The number of oxazole rings is 1. The van der Waals surface area contributed by atoms with Gasteiger partial charge in [0.05, 0.1) is 17.6 Å². The zero-order valence-electron chi connectivity index (χ0n) is 12.2. The molecule has 0 radical (unpaired) electrons. The summed E-state index contributed by atoms with van der Waals surface area (Å²) in [6.07, 6.45) is 3.04. The highest BCUT2D eigenvalue weighted by Crippen LogP contribution is 2.37. The van der Waals surface area contributed by atoms with E-state index in [2.05, 4.69) is 37.1 Å². The fourth-order valence-electron chi connectivity index (χ4n) is 2.12. The summed E-state index contributed by atoms with van der Waals surface area (Å²) < 4.78 is 5.87. The lowest BCUT2D eigenvalue weighted by Gasteiger charge is -2.18. The van der Waals surface area contributed by atoms with Crippen LogP contribution in [0.25, 0.3) is 10.6 Å². The Hall–Kier alpha value is -0.780. The molecule has 0 saturated heterocycles. The maximum atomic E-state index is 5.87. The second kappa shape index (κ2) is 5.54. The Morgan fingerprint density at radius 3 is 3.00 bits per heavy atom. The number of hydrogen-bond donors (Lipinski definition) is 1. The maximum Gasteiger partial charge on any atom is 0.208 e. The van der Waals surface area contributed by atoms with Crippen molar-refractivity contribution >= 4 is 23.1 Å². The van der Waals surface area contributed by atoms with Crippen molar-refractivity contribution in [1.29, 1.82) is 0 Å². The van der Waals surface area contributed by atoms with Gasteiger partial charge in [-0.1, -0.05) is 0 Å². The van der Waals surface area contributed by atoms with Crippen LogP contribution < -0.4 is 5.32 Å². The highest BCUT2D eigenvalue weighted by molar-refractivity contribution is 7.98. The van der Waals surface area contributed by atoms with E-state index in [1.807, 2.05) is 29.3 Å². The van der Waals surface area contributed by atoms with Crippen LogP contribution in [0.2, 0.25) is 0 Å². The second-order valence-electron chi connectivity index (χ2n) is 6.08. The molecule has 20 heavy (non-hydrogen) atoms. The lowest BCUT2D eigenvalue weighted by atomic mass is 10.1. The monoisotopic (exact) mass is 308 g/mol. The van der Waals surface area contributed by atoms with E-state index in [-0.39, 0.29) is 5.54 Å². The van der Waals surface area contributed by atoms with E-state index in [9.17, 15) is 0 Å². The number of nitrogens with zero attached hydrogens (tertiary/aromatic N) is 1. The van der Waals surface area contributed by atoms with E-state index in [4.69, 9.17) is 4.42 Å². The number of hydrogen-bond acceptors (Lipinski definition) is 5. The van der Waals surface area contributed by atoms with Crippen molar-refractivity contribution in [2.24, 2.45) is 0 Å². The average molecular weight is 308 g/mol. The number of rotatable bonds is 3. The summed E-state index contributed by atoms with van der Waals surface area (Å²) in [6.45, 7) is 7.09. The predicted molar refractivity (Wildman–Crippen MR) is 86.3 cm³/mol. The Morgan fingerprint density at radius 2 is 2.25 bits per heavy atom. The van der Waals surface area contributed by atoms with Gasteiger partial charge < -0.3 is 9.73 Å². The van der Waals surface area contributed by atoms with Gasteiger partial charge in [-0.25, -0.2) is 4.98 Å². The predicted octanol–water partition coefficient (Wildman–Crippen LogP) is 4.08. The van der Waals surface area contributed by atoms with Crippen molar-refractivity contribution in [2.75, 3.05) is 5.75 Å². The number of aryl methyl sites for hydroxylation is 1. The SMILES string of the molecule is CC(C)(C)NCc1ncc(-c2cc3c(s2)CCSC3)o1. The first-order valence-corrected chi connectivity index (χ1v) is 8.88. The van der Waals surface area contributed by atoms with Crippen molar-refractivity contribution in [3.05, 3.63) is 28.6 Å². The Morgan fingerprint density at radius 1 is 1.40 bits per heavy atom. The quantitative estimate of drug-likeness (QED) is 0.927. The number of fused-ring (bicyclic) bond motifs is 1. The molecule has 1 aliphatic heterocycles. The molecule has 0 aromatic carbocycles. The average Bonchev–Trinajstić information content (AvgIpc) is 3.01. The van der Waals surface area contributed by atoms with Gasteiger partial charge in [-0.15, -0.1) is 11.3 Å². The smallest absolute Gasteiger partial charge is 0.208 e. The van der Waals surface area contributed by atoms with Gasteiger partial charge in [-0.3, -0.25) is 0 Å². The standard InChI is InChI=1S/C15H20N2OS2/c1-15(2,3)17-8-14-16-7-11(18-14)13-6-10-9-19-5-4-12(10)20-13/h6-7,17H,4-5,8-9H2,1-3H3. The maximum absolute atomic E-state index is 5.87. The topological polar surface area (TPSA) is 38.1 Å². The minimum Gasteiger partial charge on any atom is -0.438 e. The van der Waals surface area contributed by atoms with Gasteiger partial charge in [0.15, 0.2) is 5.76 Å². The molecule has 0 bridgehead atoms. The van der Waals surface area contributed by atoms with E-state index in [0.717, 1.165) is 17.4 Å². The summed E-state index contributed by atoms with van der Waals surface area (Å²) >= 11 is 3.87. The van der Waals surface area contributed by atoms with Crippen molar-refractivity contribution in [1.82, 2.24) is 10.3 Å². The summed E-state index contributed by atoms with van der Waals surface area (Å²) in [5.74, 6) is 4.04. The van der Waals surface area contributed by atoms with E-state index in [1.54, 1.807) is 0 Å². The van der Waals surface area contributed by atoms with Crippen molar-refractivity contribution in [3.63, 3.8) is 0 Å². The first-order valence-electron chi connectivity index (χ1n) is 6.91. The Labute approximate surface area is 128 Å². The van der Waals surface area contributed by atoms with Crippen molar-refractivity contribution in [3.8, 4) is 10.6 Å². The summed E-state index contributed by atoms with van der Waals surface area (Å²) in [6, 6.07) is 2.27. The van der Waals surface area contributed by atoms with E-state index in [1.165, 1.54) is 27.5 Å². The van der Waals surface area contributed by atoms with Gasteiger partial charge in [-0.2, -0.15) is 11.8 Å². The van der Waals surface area contributed by atoms with E-state index >= 15 is 0 Å². The van der Waals surface area contributed by atoms with Gasteiger partial charge in [-0.05, 0) is 44.6 Å². The van der Waals surface area contributed by atoms with Crippen LogP contribution in [0.15, 0.2) is 16.7 Å². The van der Waals surface area contributed by atoms with Crippen LogP contribution in [0.5, 0.6) is 0 Å². The molecule has 1 N–H and O–H groups in total. The summed E-state index contributed by atoms with van der Waals surface area (Å²) in [5, 5.41) is 3.40. The van der Waals surface area contributed by atoms with Gasteiger partial charge >= 0.3 is 0 Å². The summed E-state index contributed by atoms with van der Waals surface area (Å²) in [5.41, 5.74) is 1.56. The highest BCUT2D eigenvalue weighted by atomic mass is 32.2. The number of thiophene rings is 1. The van der Waals surface area contributed by atoms with Crippen LogP contribution in [0.1, 0.15) is 37.1 Å². The third kappa shape index (κ3) is 3.27. The molecule has 1 aliphatic rings. The van der Waals surface area contributed by atoms with Gasteiger partial charge in [0.1, 0.15) is 0 Å². The van der Waals surface area contributed by atoms with Gasteiger partial charge in [0, 0.05) is 16.2 Å². The van der Waals surface area contributed by atoms with Crippen LogP contribution in [-0.4, -0.2) is 16.3 Å². The van der Waals surface area contributed by atoms with Crippen LogP contribution in [0.3, 0.4) is 0 Å². The number of thioether (sulfide) groups is 1. The fraction of sp³-hybridized carbons (Fsp3) is 0.533. The molecule has 0 saturated carbocycles. The lowest BCUT2D eigenvalue weighted by molar-refractivity contribution is 0.384. The number of nitrogens with one attached hydrogen (secondary N) is 1. The van der Waals surface area contributed by atoms with Gasteiger partial charge in [0.25, 0.3) is 0 Å². The van der Waals surface area contributed by atoms with Crippen molar-refractivity contribution in [2.45, 2.75) is 45.0 Å². The molecule has 2 aromatic rings. The Kier molecular flexibility index (Phi) is 3.93.